The zero-order chi connectivity index (χ0) is 10.4. The average molecular weight is 185 g/mol. The normalized spacial score (nSPS) is 16.6. The van der Waals surface area contributed by atoms with E-state index in [2.05, 4.69) is 47.0 Å². The molecule has 0 aromatic rings. The van der Waals surface area contributed by atoms with E-state index in [0.29, 0.717) is 6.04 Å². The molecule has 0 radical (unpaired) electrons. The largest absolute Gasteiger partial charge is 0.317 e. The van der Waals surface area contributed by atoms with Crippen LogP contribution in [0.4, 0.5) is 0 Å². The molecule has 13 heavy (non-hydrogen) atoms. The molecule has 2 unspecified atom stereocenters. The Morgan fingerprint density at radius 3 is 1.77 bits per heavy atom. The smallest absolute Gasteiger partial charge is 0.00922 e. The molecule has 0 saturated heterocycles. The minimum Gasteiger partial charge on any atom is -0.317 e. The van der Waals surface area contributed by atoms with Crippen LogP contribution in [0.25, 0.3) is 0 Å². The lowest BCUT2D eigenvalue weighted by atomic mass is 9.86. The molecule has 1 heteroatoms. The summed E-state index contributed by atoms with van der Waals surface area (Å²) in [6, 6.07) is 0.697. The van der Waals surface area contributed by atoms with Crippen molar-refractivity contribution in [3.8, 4) is 0 Å². The van der Waals surface area contributed by atoms with E-state index in [4.69, 9.17) is 0 Å². The molecule has 0 aliphatic heterocycles. The van der Waals surface area contributed by atoms with Crippen molar-refractivity contribution in [1.29, 1.82) is 0 Å². The molecule has 0 amide bonds. The van der Waals surface area contributed by atoms with Crippen LogP contribution in [0.1, 0.15) is 47.5 Å². The summed E-state index contributed by atoms with van der Waals surface area (Å²) in [5.74, 6) is 2.39. The zero-order valence-corrected chi connectivity index (χ0v) is 10.2. The Labute approximate surface area is 84.3 Å². The third-order valence-electron chi connectivity index (χ3n) is 3.11. The van der Waals surface area contributed by atoms with Crippen LogP contribution in [0.2, 0.25) is 0 Å². The third kappa shape index (κ3) is 5.30. The maximum Gasteiger partial charge on any atom is 0.00922 e. The molecule has 0 aromatic heterocycles. The molecule has 0 bridgehead atoms. The van der Waals surface area contributed by atoms with Crippen LogP contribution in [0.5, 0.6) is 0 Å². The molecule has 1 N–H and O–H groups in total. The zero-order valence-electron chi connectivity index (χ0n) is 10.2. The maximum absolute atomic E-state index is 3.44. The van der Waals surface area contributed by atoms with Gasteiger partial charge in [-0.1, -0.05) is 34.6 Å². The number of nitrogens with one attached hydrogen (secondary N) is 1. The van der Waals surface area contributed by atoms with Crippen LogP contribution in [0.15, 0.2) is 0 Å². The van der Waals surface area contributed by atoms with Gasteiger partial charge in [-0.25, -0.2) is 0 Å². The summed E-state index contributed by atoms with van der Waals surface area (Å²) in [6.45, 7) is 11.6. The Morgan fingerprint density at radius 1 is 0.923 bits per heavy atom. The molecule has 0 aliphatic carbocycles. The quantitative estimate of drug-likeness (QED) is 0.669. The van der Waals surface area contributed by atoms with E-state index in [-0.39, 0.29) is 0 Å². The highest BCUT2D eigenvalue weighted by atomic mass is 14.9. The third-order valence-corrected chi connectivity index (χ3v) is 3.11. The van der Waals surface area contributed by atoms with Crippen molar-refractivity contribution in [2.24, 2.45) is 17.8 Å². The highest BCUT2D eigenvalue weighted by molar-refractivity contribution is 4.74. The summed E-state index contributed by atoms with van der Waals surface area (Å²) in [5.41, 5.74) is 0. The first-order chi connectivity index (χ1) is 5.99. The molecule has 1 nitrogen and oxygen atoms in total. The Kier molecular flexibility index (Phi) is 6.40. The fraction of sp³-hybridized carbons (Fsp3) is 1.00. The van der Waals surface area contributed by atoms with Crippen LogP contribution < -0.4 is 5.32 Å². The summed E-state index contributed by atoms with van der Waals surface area (Å²) in [4.78, 5) is 0. The number of rotatable bonds is 6. The molecular formula is C12H27N. The lowest BCUT2D eigenvalue weighted by Gasteiger charge is -2.27. The highest BCUT2D eigenvalue weighted by Crippen LogP contribution is 2.19. The molecule has 2 atom stereocenters. The van der Waals surface area contributed by atoms with Crippen molar-refractivity contribution in [3.63, 3.8) is 0 Å². The van der Waals surface area contributed by atoms with Gasteiger partial charge in [0.25, 0.3) is 0 Å². The van der Waals surface area contributed by atoms with E-state index >= 15 is 0 Å². The molecule has 0 rings (SSSR count). The van der Waals surface area contributed by atoms with Gasteiger partial charge in [-0.15, -0.1) is 0 Å². The van der Waals surface area contributed by atoms with Gasteiger partial charge in [-0.3, -0.25) is 0 Å². The van der Waals surface area contributed by atoms with Crippen LogP contribution in [0.3, 0.4) is 0 Å². The van der Waals surface area contributed by atoms with Crippen LogP contribution in [0, 0.1) is 17.8 Å². The van der Waals surface area contributed by atoms with E-state index in [1.165, 1.54) is 12.8 Å². The lowest BCUT2D eigenvalue weighted by Crippen LogP contribution is -2.34. The van der Waals surface area contributed by atoms with Gasteiger partial charge in [0, 0.05) is 6.04 Å². The van der Waals surface area contributed by atoms with Crippen molar-refractivity contribution in [1.82, 2.24) is 5.32 Å². The second kappa shape index (κ2) is 6.42. The lowest BCUT2D eigenvalue weighted by molar-refractivity contribution is 0.285. The monoisotopic (exact) mass is 185 g/mol. The van der Waals surface area contributed by atoms with Crippen LogP contribution >= 0.6 is 0 Å². The minimum atomic E-state index is 0.697. The van der Waals surface area contributed by atoms with Gasteiger partial charge >= 0.3 is 0 Å². The molecule has 0 aliphatic rings. The molecular weight excluding hydrogens is 158 g/mol. The minimum absolute atomic E-state index is 0.697. The van der Waals surface area contributed by atoms with Crippen LogP contribution in [-0.2, 0) is 0 Å². The molecule has 0 spiro atoms. The maximum atomic E-state index is 3.44. The fourth-order valence-corrected chi connectivity index (χ4v) is 1.65. The van der Waals surface area contributed by atoms with E-state index < -0.39 is 0 Å². The van der Waals surface area contributed by atoms with Gasteiger partial charge < -0.3 is 5.32 Å². The van der Waals surface area contributed by atoms with E-state index in [1.807, 2.05) is 0 Å². The van der Waals surface area contributed by atoms with Gasteiger partial charge in [0.05, 0.1) is 0 Å². The van der Waals surface area contributed by atoms with Crippen LogP contribution in [-0.4, -0.2) is 13.1 Å². The Hall–Kier alpha value is -0.0400. The van der Waals surface area contributed by atoms with Crippen molar-refractivity contribution in [3.05, 3.63) is 0 Å². The highest BCUT2D eigenvalue weighted by Gasteiger charge is 2.18. The van der Waals surface area contributed by atoms with Gasteiger partial charge in [0.2, 0.25) is 0 Å². The second-order valence-corrected chi connectivity index (χ2v) is 4.97. The summed E-state index contributed by atoms with van der Waals surface area (Å²) >= 11 is 0. The molecule has 0 aromatic carbocycles. The molecule has 0 fully saturated rings. The van der Waals surface area contributed by atoms with Crippen molar-refractivity contribution in [2.45, 2.75) is 53.5 Å². The summed E-state index contributed by atoms with van der Waals surface area (Å²) < 4.78 is 0. The standard InChI is InChI=1S/C12H27N/c1-9(2)7-8-12(13-6)11(5)10(3)4/h9-13H,7-8H2,1-6H3. The van der Waals surface area contributed by atoms with Gasteiger partial charge in [-0.2, -0.15) is 0 Å². The predicted octanol–water partition coefficient (Wildman–Crippen LogP) is 3.30. The molecule has 0 saturated carbocycles. The van der Waals surface area contributed by atoms with E-state index in [0.717, 1.165) is 17.8 Å². The Balaban J connectivity index is 3.87. The summed E-state index contributed by atoms with van der Waals surface area (Å²) in [7, 11) is 2.09. The first-order valence-electron chi connectivity index (χ1n) is 5.66. The van der Waals surface area contributed by atoms with Gasteiger partial charge in [0.15, 0.2) is 0 Å². The average Bonchev–Trinajstić information content (AvgIpc) is 2.04. The predicted molar refractivity (Wildman–Crippen MR) is 60.9 cm³/mol. The summed E-state index contributed by atoms with van der Waals surface area (Å²) in [6.07, 6.45) is 2.65. The van der Waals surface area contributed by atoms with Gasteiger partial charge in [-0.05, 0) is 37.6 Å². The van der Waals surface area contributed by atoms with E-state index in [9.17, 15) is 0 Å². The van der Waals surface area contributed by atoms with Crippen molar-refractivity contribution in [2.75, 3.05) is 7.05 Å². The molecule has 0 heterocycles. The Bertz CT molecular complexity index is 118. The molecule has 80 valence electrons. The summed E-state index contributed by atoms with van der Waals surface area (Å²) in [5, 5.41) is 3.44. The SMILES string of the molecule is CNC(CCC(C)C)C(C)C(C)C. The second-order valence-electron chi connectivity index (χ2n) is 4.97. The number of hydrogen-bond acceptors (Lipinski definition) is 1. The number of hydrogen-bond donors (Lipinski definition) is 1. The fourth-order valence-electron chi connectivity index (χ4n) is 1.65. The van der Waals surface area contributed by atoms with Crippen molar-refractivity contribution < 1.29 is 0 Å². The van der Waals surface area contributed by atoms with Gasteiger partial charge in [0.1, 0.15) is 0 Å². The topological polar surface area (TPSA) is 12.0 Å². The first-order valence-corrected chi connectivity index (χ1v) is 5.66. The Morgan fingerprint density at radius 2 is 1.46 bits per heavy atom. The first kappa shape index (κ1) is 13.0. The van der Waals surface area contributed by atoms with Crippen molar-refractivity contribution >= 4 is 0 Å². The van der Waals surface area contributed by atoms with E-state index in [1.54, 1.807) is 0 Å².